The molecule has 27 heavy (non-hydrogen) atoms. The van der Waals surface area contributed by atoms with Crippen LogP contribution in [-0.4, -0.2) is 35.2 Å². The summed E-state index contributed by atoms with van der Waals surface area (Å²) in [4.78, 5) is 14.5. The van der Waals surface area contributed by atoms with Crippen LogP contribution in [-0.2, 0) is 0 Å². The summed E-state index contributed by atoms with van der Waals surface area (Å²) in [7, 11) is 0. The van der Waals surface area contributed by atoms with Crippen molar-refractivity contribution in [2.24, 2.45) is 0 Å². The van der Waals surface area contributed by atoms with Crippen molar-refractivity contribution in [1.82, 2.24) is 15.5 Å². The number of aromatic nitrogens is 2. The lowest BCUT2D eigenvalue weighted by atomic mass is 10.1. The highest BCUT2D eigenvalue weighted by atomic mass is 35.5. The molecule has 3 aromatic rings. The molecule has 1 amide bonds. The number of carbonyl (C=O) groups is 1. The number of hydrogen-bond donors (Lipinski definition) is 2. The van der Waals surface area contributed by atoms with Gasteiger partial charge in [0, 0.05) is 25.2 Å². The smallest absolute Gasteiger partial charge is 0.253 e. The maximum absolute atomic E-state index is 13.1. The van der Waals surface area contributed by atoms with Crippen molar-refractivity contribution in [1.29, 1.82) is 0 Å². The van der Waals surface area contributed by atoms with Gasteiger partial charge in [0.25, 0.3) is 5.91 Å². The Morgan fingerprint density at radius 3 is 2.78 bits per heavy atom. The van der Waals surface area contributed by atoms with Gasteiger partial charge in [-0.15, -0.1) is 0 Å². The number of halogens is 2. The minimum absolute atomic E-state index is 0.0275. The van der Waals surface area contributed by atoms with Crippen LogP contribution >= 0.6 is 11.6 Å². The second kappa shape index (κ2) is 7.40. The normalized spacial score (nSPS) is 16.5. The van der Waals surface area contributed by atoms with Gasteiger partial charge >= 0.3 is 0 Å². The summed E-state index contributed by atoms with van der Waals surface area (Å²) in [5, 5.41) is 10.8. The first-order chi connectivity index (χ1) is 13.1. The zero-order valence-corrected chi connectivity index (χ0v) is 15.2. The fourth-order valence-corrected chi connectivity index (χ4v) is 3.47. The lowest BCUT2D eigenvalue weighted by molar-refractivity contribution is 0.0940. The Bertz CT molecular complexity index is 957. The van der Waals surface area contributed by atoms with Gasteiger partial charge in [-0.3, -0.25) is 9.89 Å². The quantitative estimate of drug-likeness (QED) is 0.717. The van der Waals surface area contributed by atoms with Crippen LogP contribution in [0.15, 0.2) is 54.6 Å². The van der Waals surface area contributed by atoms with E-state index in [1.54, 1.807) is 36.4 Å². The molecule has 2 aromatic carbocycles. The monoisotopic (exact) mass is 384 g/mol. The number of aromatic amines is 1. The van der Waals surface area contributed by atoms with Gasteiger partial charge in [0.15, 0.2) is 5.82 Å². The number of nitrogens with zero attached hydrogens (tertiary/aromatic N) is 2. The summed E-state index contributed by atoms with van der Waals surface area (Å²) in [5.41, 5.74) is 2.18. The van der Waals surface area contributed by atoms with E-state index in [1.165, 1.54) is 12.1 Å². The molecule has 1 aliphatic rings. The zero-order chi connectivity index (χ0) is 18.8. The first-order valence-corrected chi connectivity index (χ1v) is 9.09. The van der Waals surface area contributed by atoms with Crippen molar-refractivity contribution in [2.75, 3.05) is 18.0 Å². The molecule has 2 heterocycles. The molecule has 1 fully saturated rings. The van der Waals surface area contributed by atoms with Crippen molar-refractivity contribution in [2.45, 2.75) is 12.5 Å². The third-order valence-corrected chi connectivity index (χ3v) is 5.02. The van der Waals surface area contributed by atoms with Crippen LogP contribution in [0.1, 0.15) is 16.8 Å². The Hall–Kier alpha value is -2.86. The Balaban J connectivity index is 1.40. The minimum atomic E-state index is -0.268. The van der Waals surface area contributed by atoms with Gasteiger partial charge in [0.2, 0.25) is 0 Å². The lowest BCUT2D eigenvalue weighted by Crippen LogP contribution is -2.37. The van der Waals surface area contributed by atoms with E-state index >= 15 is 0 Å². The van der Waals surface area contributed by atoms with Crippen LogP contribution in [0.25, 0.3) is 11.3 Å². The fourth-order valence-electron chi connectivity index (χ4n) is 3.25. The van der Waals surface area contributed by atoms with Gasteiger partial charge in [0.05, 0.1) is 16.3 Å². The summed E-state index contributed by atoms with van der Waals surface area (Å²) in [6.07, 6.45) is 0.828. The van der Waals surface area contributed by atoms with Crippen LogP contribution < -0.4 is 10.2 Å². The molecule has 0 bridgehead atoms. The molecule has 5 nitrogen and oxygen atoms in total. The number of carbonyl (C=O) groups excluding carboxylic acids is 1. The summed E-state index contributed by atoms with van der Waals surface area (Å²) in [6.45, 7) is 1.46. The molecule has 0 radical (unpaired) electrons. The van der Waals surface area contributed by atoms with Crippen molar-refractivity contribution in [3.8, 4) is 11.3 Å². The number of benzene rings is 2. The number of amides is 1. The maximum Gasteiger partial charge on any atom is 0.253 e. The van der Waals surface area contributed by atoms with Gasteiger partial charge in [-0.2, -0.15) is 5.10 Å². The Labute approximate surface area is 161 Å². The molecule has 0 unspecified atom stereocenters. The van der Waals surface area contributed by atoms with E-state index in [2.05, 4.69) is 20.4 Å². The first-order valence-electron chi connectivity index (χ1n) is 8.72. The lowest BCUT2D eigenvalue weighted by Gasteiger charge is -2.16. The fraction of sp³-hybridized carbons (Fsp3) is 0.200. The molecule has 0 saturated carbocycles. The number of H-pyrrole nitrogens is 1. The minimum Gasteiger partial charge on any atom is -0.353 e. The third kappa shape index (κ3) is 3.80. The molecule has 2 N–H and O–H groups in total. The molecular formula is C20H18ClFN4O. The topological polar surface area (TPSA) is 61.0 Å². The summed E-state index contributed by atoms with van der Waals surface area (Å²) in [5.74, 6) is 0.375. The van der Waals surface area contributed by atoms with Crippen LogP contribution in [0, 0.1) is 5.82 Å². The van der Waals surface area contributed by atoms with Crippen molar-refractivity contribution < 1.29 is 9.18 Å². The van der Waals surface area contributed by atoms with E-state index in [1.807, 2.05) is 6.07 Å². The molecule has 7 heteroatoms. The molecular weight excluding hydrogens is 367 g/mol. The highest BCUT2D eigenvalue weighted by Crippen LogP contribution is 2.25. The van der Waals surface area contributed by atoms with Gasteiger partial charge in [-0.05, 0) is 48.4 Å². The van der Waals surface area contributed by atoms with Gasteiger partial charge in [0.1, 0.15) is 5.82 Å². The van der Waals surface area contributed by atoms with Crippen LogP contribution in [0.3, 0.4) is 0 Å². The standard InChI is InChI=1S/C20H18ClFN4O/c21-17-4-2-1-3-16(17)20(27)23-15-9-10-26(12-15)19-11-18(24-25-19)13-5-7-14(22)8-6-13/h1-8,11,15H,9-10,12H2,(H,23,27)(H,24,25)/t15-/m0/s1. The molecule has 1 aliphatic heterocycles. The van der Waals surface area contributed by atoms with Crippen molar-refractivity contribution in [3.05, 3.63) is 71.0 Å². The second-order valence-electron chi connectivity index (χ2n) is 6.53. The van der Waals surface area contributed by atoms with Crippen LogP contribution in [0.2, 0.25) is 5.02 Å². The first kappa shape index (κ1) is 17.5. The molecule has 1 saturated heterocycles. The molecule has 1 atom stereocenters. The number of rotatable bonds is 4. The zero-order valence-electron chi connectivity index (χ0n) is 14.5. The van der Waals surface area contributed by atoms with Crippen LogP contribution in [0.4, 0.5) is 10.2 Å². The second-order valence-corrected chi connectivity index (χ2v) is 6.94. The van der Waals surface area contributed by atoms with E-state index in [9.17, 15) is 9.18 Å². The Morgan fingerprint density at radius 2 is 2.00 bits per heavy atom. The molecule has 138 valence electrons. The van der Waals surface area contributed by atoms with Gasteiger partial charge in [-0.25, -0.2) is 4.39 Å². The van der Waals surface area contributed by atoms with Crippen molar-refractivity contribution in [3.63, 3.8) is 0 Å². The Kier molecular flexibility index (Phi) is 4.81. The highest BCUT2D eigenvalue weighted by Gasteiger charge is 2.26. The maximum atomic E-state index is 13.1. The van der Waals surface area contributed by atoms with Gasteiger partial charge in [-0.1, -0.05) is 23.7 Å². The number of nitrogens with one attached hydrogen (secondary N) is 2. The predicted octanol–water partition coefficient (Wildman–Crippen LogP) is 3.88. The predicted molar refractivity (Wildman–Crippen MR) is 104 cm³/mol. The van der Waals surface area contributed by atoms with E-state index < -0.39 is 0 Å². The average molecular weight is 385 g/mol. The van der Waals surface area contributed by atoms with E-state index in [4.69, 9.17) is 11.6 Å². The molecule has 4 rings (SSSR count). The Morgan fingerprint density at radius 1 is 1.22 bits per heavy atom. The van der Waals surface area contributed by atoms with E-state index in [0.29, 0.717) is 17.1 Å². The van der Waals surface area contributed by atoms with Crippen LogP contribution in [0.5, 0.6) is 0 Å². The average Bonchev–Trinajstić information content (AvgIpc) is 3.32. The number of hydrogen-bond acceptors (Lipinski definition) is 3. The number of anilines is 1. The molecule has 0 spiro atoms. The molecule has 1 aromatic heterocycles. The summed E-state index contributed by atoms with van der Waals surface area (Å²) < 4.78 is 13.1. The van der Waals surface area contributed by atoms with Crippen molar-refractivity contribution >= 4 is 23.3 Å². The van der Waals surface area contributed by atoms with E-state index in [-0.39, 0.29) is 17.8 Å². The highest BCUT2D eigenvalue weighted by molar-refractivity contribution is 6.33. The summed E-state index contributed by atoms with van der Waals surface area (Å²) in [6, 6.07) is 15.2. The largest absolute Gasteiger partial charge is 0.353 e. The van der Waals surface area contributed by atoms with Gasteiger partial charge < -0.3 is 10.2 Å². The summed E-state index contributed by atoms with van der Waals surface area (Å²) >= 11 is 6.09. The van der Waals surface area contributed by atoms with E-state index in [0.717, 1.165) is 30.0 Å². The molecule has 0 aliphatic carbocycles. The third-order valence-electron chi connectivity index (χ3n) is 4.69. The SMILES string of the molecule is O=C(N[C@H]1CCN(c2cc(-c3ccc(F)cc3)[nH]n2)C1)c1ccccc1Cl.